The minimum absolute atomic E-state index is 0.266. The van der Waals surface area contributed by atoms with E-state index in [0.717, 1.165) is 16.9 Å². The molecule has 0 aliphatic carbocycles. The molecule has 3 rings (SSSR count). The van der Waals surface area contributed by atoms with Crippen LogP contribution in [-0.2, 0) is 0 Å². The lowest BCUT2D eigenvalue weighted by Gasteiger charge is -2.09. The first-order valence-corrected chi connectivity index (χ1v) is 5.88. The second-order valence-corrected chi connectivity index (χ2v) is 4.25. The maximum atomic E-state index is 13.3. The third-order valence-corrected chi connectivity index (χ3v) is 2.91. The predicted octanol–water partition coefficient (Wildman–Crippen LogP) is 3.26. The van der Waals surface area contributed by atoms with Crippen LogP contribution in [0.5, 0.6) is 0 Å². The fourth-order valence-electron chi connectivity index (χ4n) is 2.04. The normalized spacial score (nSPS) is 10.6. The van der Waals surface area contributed by atoms with Crippen LogP contribution in [0, 0.1) is 5.82 Å². The van der Waals surface area contributed by atoms with Gasteiger partial charge < -0.3 is 5.73 Å². The van der Waals surface area contributed by atoms with Crippen LogP contribution >= 0.6 is 0 Å². The molecular formula is C15H12FN3. The maximum absolute atomic E-state index is 13.3. The van der Waals surface area contributed by atoms with Crippen molar-refractivity contribution in [2.24, 2.45) is 0 Å². The summed E-state index contributed by atoms with van der Waals surface area (Å²) in [6, 6.07) is 13.9. The topological polar surface area (TPSA) is 43.8 Å². The van der Waals surface area contributed by atoms with Crippen LogP contribution in [0.25, 0.3) is 16.9 Å². The van der Waals surface area contributed by atoms with Crippen molar-refractivity contribution in [2.75, 3.05) is 5.73 Å². The smallest absolute Gasteiger partial charge is 0.123 e. The molecule has 19 heavy (non-hydrogen) atoms. The lowest BCUT2D eigenvalue weighted by atomic mass is 10.1. The van der Waals surface area contributed by atoms with Crippen LogP contribution in [0.3, 0.4) is 0 Å². The van der Waals surface area contributed by atoms with Gasteiger partial charge in [0.1, 0.15) is 5.82 Å². The molecule has 0 unspecified atom stereocenters. The number of anilines is 1. The van der Waals surface area contributed by atoms with E-state index in [2.05, 4.69) is 4.98 Å². The van der Waals surface area contributed by atoms with E-state index in [1.807, 2.05) is 34.9 Å². The van der Waals surface area contributed by atoms with Crippen molar-refractivity contribution >= 4 is 5.69 Å². The molecule has 0 aliphatic rings. The van der Waals surface area contributed by atoms with E-state index in [4.69, 9.17) is 5.73 Å². The molecule has 0 aliphatic heterocycles. The fourth-order valence-corrected chi connectivity index (χ4v) is 2.04. The third-order valence-electron chi connectivity index (χ3n) is 2.91. The molecule has 1 heterocycles. The van der Waals surface area contributed by atoms with Gasteiger partial charge in [-0.05, 0) is 30.3 Å². The number of hydrogen-bond donors (Lipinski definition) is 1. The molecule has 0 spiro atoms. The second-order valence-electron chi connectivity index (χ2n) is 4.25. The summed E-state index contributed by atoms with van der Waals surface area (Å²) >= 11 is 0. The second kappa shape index (κ2) is 4.57. The van der Waals surface area contributed by atoms with E-state index in [1.165, 1.54) is 12.1 Å². The molecule has 2 aromatic carbocycles. The zero-order valence-electron chi connectivity index (χ0n) is 10.1. The lowest BCUT2D eigenvalue weighted by Crippen LogP contribution is -1.96. The highest BCUT2D eigenvalue weighted by atomic mass is 19.1. The largest absolute Gasteiger partial charge is 0.399 e. The van der Waals surface area contributed by atoms with Crippen molar-refractivity contribution in [2.45, 2.75) is 0 Å². The molecule has 3 aromatic rings. The first-order chi connectivity index (χ1) is 9.24. The van der Waals surface area contributed by atoms with Crippen molar-refractivity contribution in [1.29, 1.82) is 0 Å². The minimum Gasteiger partial charge on any atom is -0.399 e. The number of nitrogens with zero attached hydrogens (tertiary/aromatic N) is 2. The van der Waals surface area contributed by atoms with Gasteiger partial charge in [0, 0.05) is 16.9 Å². The van der Waals surface area contributed by atoms with E-state index in [9.17, 15) is 4.39 Å². The first-order valence-electron chi connectivity index (χ1n) is 5.88. The van der Waals surface area contributed by atoms with E-state index in [-0.39, 0.29) is 5.82 Å². The molecule has 0 amide bonds. The van der Waals surface area contributed by atoms with Crippen LogP contribution in [0.4, 0.5) is 10.1 Å². The average molecular weight is 253 g/mol. The quantitative estimate of drug-likeness (QED) is 0.712. The van der Waals surface area contributed by atoms with Gasteiger partial charge >= 0.3 is 0 Å². The van der Waals surface area contributed by atoms with E-state index in [1.54, 1.807) is 18.6 Å². The molecule has 1 aromatic heterocycles. The van der Waals surface area contributed by atoms with Crippen LogP contribution in [-0.4, -0.2) is 9.55 Å². The maximum Gasteiger partial charge on any atom is 0.123 e. The molecule has 2 N–H and O–H groups in total. The molecular weight excluding hydrogens is 241 g/mol. The highest BCUT2D eigenvalue weighted by molar-refractivity contribution is 5.62. The minimum atomic E-state index is -0.266. The number of hydrogen-bond acceptors (Lipinski definition) is 2. The zero-order chi connectivity index (χ0) is 13.2. The molecule has 0 bridgehead atoms. The van der Waals surface area contributed by atoms with Crippen LogP contribution in [0.2, 0.25) is 0 Å². The Hall–Kier alpha value is -2.62. The Morgan fingerprint density at radius 3 is 2.68 bits per heavy atom. The predicted molar refractivity (Wildman–Crippen MR) is 73.4 cm³/mol. The van der Waals surface area contributed by atoms with Gasteiger partial charge in [0.25, 0.3) is 0 Å². The monoisotopic (exact) mass is 253 g/mol. The van der Waals surface area contributed by atoms with Gasteiger partial charge in [0.2, 0.25) is 0 Å². The SMILES string of the molecule is Nc1cccc(-n2cncc2-c2cccc(F)c2)c1. The van der Waals surface area contributed by atoms with Crippen molar-refractivity contribution in [1.82, 2.24) is 9.55 Å². The van der Waals surface area contributed by atoms with Gasteiger partial charge in [-0.2, -0.15) is 0 Å². The number of rotatable bonds is 2. The van der Waals surface area contributed by atoms with Gasteiger partial charge in [0.15, 0.2) is 0 Å². The summed E-state index contributed by atoms with van der Waals surface area (Å²) in [6.45, 7) is 0. The molecule has 0 saturated heterocycles. The molecule has 0 atom stereocenters. The lowest BCUT2D eigenvalue weighted by molar-refractivity contribution is 0.628. The summed E-state index contributed by atoms with van der Waals surface area (Å²) in [5.74, 6) is -0.266. The first kappa shape index (κ1) is 11.5. The van der Waals surface area contributed by atoms with Gasteiger partial charge in [-0.15, -0.1) is 0 Å². The Bertz CT molecular complexity index is 659. The summed E-state index contributed by atoms with van der Waals surface area (Å²) in [5.41, 5.74) is 8.96. The Morgan fingerprint density at radius 2 is 1.89 bits per heavy atom. The van der Waals surface area contributed by atoms with Gasteiger partial charge in [-0.3, -0.25) is 4.57 Å². The van der Waals surface area contributed by atoms with Crippen molar-refractivity contribution < 1.29 is 4.39 Å². The van der Waals surface area contributed by atoms with Gasteiger partial charge in [0.05, 0.1) is 18.2 Å². The molecule has 94 valence electrons. The third kappa shape index (κ3) is 2.20. The number of nitrogen functional groups attached to an aromatic ring is 1. The average Bonchev–Trinajstić information content (AvgIpc) is 2.88. The number of benzene rings is 2. The van der Waals surface area contributed by atoms with E-state index in [0.29, 0.717) is 5.69 Å². The van der Waals surface area contributed by atoms with Crippen LogP contribution < -0.4 is 5.73 Å². The summed E-state index contributed by atoms with van der Waals surface area (Å²) in [7, 11) is 0. The standard InChI is InChI=1S/C15H12FN3/c16-12-4-1-3-11(7-12)15-9-18-10-19(15)14-6-2-5-13(17)8-14/h1-10H,17H2. The fraction of sp³-hybridized carbons (Fsp3) is 0. The van der Waals surface area contributed by atoms with E-state index < -0.39 is 0 Å². The number of aromatic nitrogens is 2. The molecule has 0 fully saturated rings. The Balaban J connectivity index is 2.13. The molecule has 0 saturated carbocycles. The summed E-state index contributed by atoms with van der Waals surface area (Å²) < 4.78 is 15.2. The van der Waals surface area contributed by atoms with Gasteiger partial charge in [-0.1, -0.05) is 18.2 Å². The highest BCUT2D eigenvalue weighted by Gasteiger charge is 2.07. The summed E-state index contributed by atoms with van der Waals surface area (Å²) in [6.07, 6.45) is 3.40. The Kier molecular flexibility index (Phi) is 2.76. The highest BCUT2D eigenvalue weighted by Crippen LogP contribution is 2.24. The number of imidazole rings is 1. The van der Waals surface area contributed by atoms with E-state index >= 15 is 0 Å². The number of nitrogens with two attached hydrogens (primary N) is 1. The Morgan fingerprint density at radius 1 is 1.05 bits per heavy atom. The molecule has 4 heteroatoms. The van der Waals surface area contributed by atoms with Crippen molar-refractivity contribution in [3.05, 3.63) is 66.9 Å². The molecule has 3 nitrogen and oxygen atoms in total. The number of halogens is 1. The van der Waals surface area contributed by atoms with Crippen LogP contribution in [0.1, 0.15) is 0 Å². The van der Waals surface area contributed by atoms with Crippen molar-refractivity contribution in [3.8, 4) is 16.9 Å². The Labute approximate surface area is 110 Å². The molecule has 0 radical (unpaired) electrons. The zero-order valence-corrected chi connectivity index (χ0v) is 10.1. The summed E-state index contributed by atoms with van der Waals surface area (Å²) in [5, 5.41) is 0. The van der Waals surface area contributed by atoms with Crippen LogP contribution in [0.15, 0.2) is 61.1 Å². The van der Waals surface area contributed by atoms with Crippen molar-refractivity contribution in [3.63, 3.8) is 0 Å². The van der Waals surface area contributed by atoms with Gasteiger partial charge in [-0.25, -0.2) is 9.37 Å². The summed E-state index contributed by atoms with van der Waals surface area (Å²) in [4.78, 5) is 4.13.